The predicted molar refractivity (Wildman–Crippen MR) is 75.3 cm³/mol. The molecule has 0 aromatic carbocycles. The van der Waals surface area contributed by atoms with Gasteiger partial charge in [-0.3, -0.25) is 4.79 Å². The first-order valence-electron chi connectivity index (χ1n) is 5.98. The molecule has 112 valence electrons. The number of furan rings is 1. The molecule has 0 aliphatic carbocycles. The number of hydrogen-bond donors (Lipinski definition) is 1. The molecule has 20 heavy (non-hydrogen) atoms. The summed E-state index contributed by atoms with van der Waals surface area (Å²) in [5.41, 5.74) is 0. The molecule has 1 fully saturated rings. The molecular weight excluding hydrogens is 374 g/mol. The van der Waals surface area contributed by atoms with E-state index in [0.717, 1.165) is 18.9 Å². The van der Waals surface area contributed by atoms with Crippen LogP contribution in [-0.4, -0.2) is 34.1 Å². The molecule has 1 aliphatic rings. The van der Waals surface area contributed by atoms with Crippen molar-refractivity contribution >= 4 is 41.6 Å². The van der Waals surface area contributed by atoms with Gasteiger partial charge < -0.3 is 14.5 Å². The Balaban J connectivity index is 1.99. The van der Waals surface area contributed by atoms with Gasteiger partial charge in [0.1, 0.15) is 4.90 Å². The van der Waals surface area contributed by atoms with Gasteiger partial charge in [-0.05, 0) is 34.7 Å². The second kappa shape index (κ2) is 6.46. The molecule has 1 aromatic rings. The van der Waals surface area contributed by atoms with Crippen molar-refractivity contribution in [1.82, 2.24) is 5.32 Å². The van der Waals surface area contributed by atoms with E-state index in [2.05, 4.69) is 21.2 Å². The first-order chi connectivity index (χ1) is 9.38. The van der Waals surface area contributed by atoms with Gasteiger partial charge in [0.2, 0.25) is 0 Å². The summed E-state index contributed by atoms with van der Waals surface area (Å²) in [5.74, 6) is -0.200. The summed E-state index contributed by atoms with van der Waals surface area (Å²) in [6.07, 6.45) is 1.78. The van der Waals surface area contributed by atoms with E-state index in [1.165, 1.54) is 0 Å². The number of rotatable bonds is 4. The van der Waals surface area contributed by atoms with Crippen molar-refractivity contribution in [2.75, 3.05) is 19.8 Å². The van der Waals surface area contributed by atoms with E-state index in [1.807, 2.05) is 0 Å². The van der Waals surface area contributed by atoms with Gasteiger partial charge in [-0.25, -0.2) is 8.42 Å². The topological polar surface area (TPSA) is 85.6 Å². The Kier molecular flexibility index (Phi) is 5.11. The molecular formula is C11H13BrClNO5S. The van der Waals surface area contributed by atoms with Crippen molar-refractivity contribution < 1.29 is 22.4 Å². The molecule has 1 N–H and O–H groups in total. The first kappa shape index (κ1) is 15.8. The largest absolute Gasteiger partial charge is 0.443 e. The smallest absolute Gasteiger partial charge is 0.287 e. The highest BCUT2D eigenvalue weighted by Gasteiger charge is 2.24. The van der Waals surface area contributed by atoms with Crippen LogP contribution in [-0.2, 0) is 13.8 Å². The van der Waals surface area contributed by atoms with Crippen LogP contribution >= 0.6 is 26.6 Å². The average molecular weight is 387 g/mol. The molecule has 0 saturated carbocycles. The summed E-state index contributed by atoms with van der Waals surface area (Å²) in [7, 11) is 1.27. The van der Waals surface area contributed by atoms with Gasteiger partial charge in [0.25, 0.3) is 15.0 Å². The lowest BCUT2D eigenvalue weighted by Crippen LogP contribution is -2.31. The van der Waals surface area contributed by atoms with Crippen LogP contribution in [0.1, 0.15) is 23.4 Å². The lowest BCUT2D eigenvalue weighted by atomic mass is 10.0. The molecule has 0 bridgehead atoms. The predicted octanol–water partition coefficient (Wildman–Crippen LogP) is 2.13. The maximum Gasteiger partial charge on any atom is 0.287 e. The van der Waals surface area contributed by atoms with Crippen LogP contribution in [0, 0.1) is 5.92 Å². The second-order valence-electron chi connectivity index (χ2n) is 4.45. The standard InChI is InChI=1S/C11H13BrClNO5S/c12-10-9(20(13,16)17)5-8(19-10)11(15)14-6-7-1-3-18-4-2-7/h5,7H,1-4,6H2,(H,14,15). The monoisotopic (exact) mass is 385 g/mol. The first-order valence-corrected chi connectivity index (χ1v) is 9.08. The third-order valence-corrected chi connectivity index (χ3v) is 5.21. The van der Waals surface area contributed by atoms with Crippen LogP contribution in [0.25, 0.3) is 0 Å². The van der Waals surface area contributed by atoms with E-state index in [0.29, 0.717) is 25.7 Å². The number of ether oxygens (including phenoxy) is 1. The zero-order valence-electron chi connectivity index (χ0n) is 10.4. The van der Waals surface area contributed by atoms with Crippen LogP contribution < -0.4 is 5.32 Å². The molecule has 0 atom stereocenters. The maximum atomic E-state index is 11.9. The van der Waals surface area contributed by atoms with E-state index >= 15 is 0 Å². The minimum Gasteiger partial charge on any atom is -0.443 e. The number of nitrogens with one attached hydrogen (secondary N) is 1. The molecule has 2 heterocycles. The van der Waals surface area contributed by atoms with Crippen LogP contribution in [0.3, 0.4) is 0 Å². The number of halogens is 2. The van der Waals surface area contributed by atoms with Crippen LogP contribution in [0.15, 0.2) is 20.0 Å². The van der Waals surface area contributed by atoms with Crippen molar-refractivity contribution in [2.24, 2.45) is 5.92 Å². The molecule has 1 aromatic heterocycles. The van der Waals surface area contributed by atoms with Gasteiger partial charge >= 0.3 is 0 Å². The van der Waals surface area contributed by atoms with Gasteiger partial charge in [-0.2, -0.15) is 0 Å². The summed E-state index contributed by atoms with van der Waals surface area (Å²) in [6.45, 7) is 1.90. The van der Waals surface area contributed by atoms with Crippen molar-refractivity contribution in [3.8, 4) is 0 Å². The number of hydrogen-bond acceptors (Lipinski definition) is 5. The average Bonchev–Trinajstić information content (AvgIpc) is 2.79. The van der Waals surface area contributed by atoms with Crippen LogP contribution in [0.4, 0.5) is 0 Å². The Labute approximate surface area is 129 Å². The zero-order chi connectivity index (χ0) is 14.8. The molecule has 6 nitrogen and oxygen atoms in total. The highest BCUT2D eigenvalue weighted by Crippen LogP contribution is 2.28. The Hall–Kier alpha value is -0.570. The van der Waals surface area contributed by atoms with Gasteiger partial charge in [0.15, 0.2) is 10.4 Å². The molecule has 9 heteroatoms. The third-order valence-electron chi connectivity index (χ3n) is 3.03. The highest BCUT2D eigenvalue weighted by atomic mass is 79.9. The molecule has 0 radical (unpaired) electrons. The minimum atomic E-state index is -3.95. The second-order valence-corrected chi connectivity index (χ2v) is 7.71. The van der Waals surface area contributed by atoms with E-state index in [-0.39, 0.29) is 15.3 Å². The Bertz CT molecular complexity index is 594. The molecule has 1 saturated heterocycles. The lowest BCUT2D eigenvalue weighted by Gasteiger charge is -2.21. The van der Waals surface area contributed by atoms with E-state index < -0.39 is 15.0 Å². The summed E-state index contributed by atoms with van der Waals surface area (Å²) >= 11 is 2.92. The normalized spacial score (nSPS) is 17.1. The zero-order valence-corrected chi connectivity index (χ0v) is 13.6. The SMILES string of the molecule is O=C(NCC1CCOCC1)c1cc(S(=O)(=O)Cl)c(Br)o1. The molecule has 1 amide bonds. The number of amides is 1. The molecule has 1 aliphatic heterocycles. The number of carbonyl (C=O) groups is 1. The van der Waals surface area contributed by atoms with Gasteiger partial charge in [-0.1, -0.05) is 0 Å². The van der Waals surface area contributed by atoms with Crippen molar-refractivity contribution in [3.05, 3.63) is 16.5 Å². The lowest BCUT2D eigenvalue weighted by molar-refractivity contribution is 0.0638. The number of carbonyl (C=O) groups excluding carboxylic acids is 1. The maximum absolute atomic E-state index is 11.9. The fourth-order valence-electron chi connectivity index (χ4n) is 1.90. The summed E-state index contributed by atoms with van der Waals surface area (Å²) in [5, 5.41) is 2.71. The quantitative estimate of drug-likeness (QED) is 0.801. The Morgan fingerprint density at radius 2 is 2.10 bits per heavy atom. The Morgan fingerprint density at radius 1 is 1.45 bits per heavy atom. The van der Waals surface area contributed by atoms with E-state index in [9.17, 15) is 13.2 Å². The summed E-state index contributed by atoms with van der Waals surface area (Å²) in [6, 6.07) is 1.10. The summed E-state index contributed by atoms with van der Waals surface area (Å²) in [4.78, 5) is 11.6. The van der Waals surface area contributed by atoms with E-state index in [1.54, 1.807) is 0 Å². The fourth-order valence-corrected chi connectivity index (χ4v) is 3.94. The molecule has 0 spiro atoms. The van der Waals surface area contributed by atoms with Gasteiger partial charge in [0.05, 0.1) is 0 Å². The Morgan fingerprint density at radius 3 is 2.65 bits per heavy atom. The van der Waals surface area contributed by atoms with Crippen molar-refractivity contribution in [2.45, 2.75) is 17.7 Å². The third kappa shape index (κ3) is 3.97. The minimum absolute atomic E-state index is 0.0799. The van der Waals surface area contributed by atoms with E-state index in [4.69, 9.17) is 19.8 Å². The van der Waals surface area contributed by atoms with Gasteiger partial charge in [-0.15, -0.1) is 0 Å². The highest BCUT2D eigenvalue weighted by molar-refractivity contribution is 9.10. The summed E-state index contributed by atoms with van der Waals surface area (Å²) < 4.78 is 32.7. The van der Waals surface area contributed by atoms with Crippen LogP contribution in [0.5, 0.6) is 0 Å². The molecule has 2 rings (SSSR count). The van der Waals surface area contributed by atoms with Crippen molar-refractivity contribution in [3.63, 3.8) is 0 Å². The van der Waals surface area contributed by atoms with Crippen LogP contribution in [0.2, 0.25) is 0 Å². The van der Waals surface area contributed by atoms with Gasteiger partial charge in [0, 0.05) is 36.5 Å². The molecule has 0 unspecified atom stereocenters. The van der Waals surface area contributed by atoms with Crippen molar-refractivity contribution in [1.29, 1.82) is 0 Å². The fraction of sp³-hybridized carbons (Fsp3) is 0.545.